The van der Waals surface area contributed by atoms with Gasteiger partial charge in [-0.25, -0.2) is 4.98 Å². The molecule has 5 nitrogen and oxygen atoms in total. The molecule has 0 aliphatic heterocycles. The van der Waals surface area contributed by atoms with Gasteiger partial charge in [0.15, 0.2) is 0 Å². The highest BCUT2D eigenvalue weighted by Gasteiger charge is 2.05. The van der Waals surface area contributed by atoms with Gasteiger partial charge >= 0.3 is 0 Å². The minimum absolute atomic E-state index is 0.0990. The van der Waals surface area contributed by atoms with Crippen LogP contribution >= 0.6 is 0 Å². The molecule has 54 valence electrons. The molecule has 0 fully saturated rings. The van der Waals surface area contributed by atoms with Crippen molar-refractivity contribution in [2.24, 2.45) is 12.8 Å². The van der Waals surface area contributed by atoms with Gasteiger partial charge in [-0.2, -0.15) is 0 Å². The molecule has 1 rings (SSSR count). The first kappa shape index (κ1) is 6.60. The lowest BCUT2D eigenvalue weighted by Crippen LogP contribution is -2.14. The monoisotopic (exact) mass is 139 g/mol. The lowest BCUT2D eigenvalue weighted by molar-refractivity contribution is 0.925. The number of anilines is 1. The number of aryl methyl sites for hydroxylation is 1. The zero-order valence-electron chi connectivity index (χ0n) is 5.63. The molecule has 0 saturated carbocycles. The molecule has 5 N–H and O–H groups in total. The fourth-order valence-corrected chi connectivity index (χ4v) is 0.647. The Morgan fingerprint density at radius 2 is 2.40 bits per heavy atom. The molecule has 0 saturated heterocycles. The molecule has 0 aromatic carbocycles. The molecule has 1 heterocycles. The van der Waals surface area contributed by atoms with Gasteiger partial charge in [-0.3, -0.25) is 5.41 Å². The Bertz CT molecular complexity index is 261. The molecule has 0 spiro atoms. The smallest absolute Gasteiger partial charge is 0.146 e. The molecular weight excluding hydrogens is 130 g/mol. The van der Waals surface area contributed by atoms with E-state index in [9.17, 15) is 0 Å². The molecule has 5 heteroatoms. The van der Waals surface area contributed by atoms with Crippen molar-refractivity contribution in [3.8, 4) is 0 Å². The van der Waals surface area contributed by atoms with Crippen molar-refractivity contribution in [2.45, 2.75) is 0 Å². The van der Waals surface area contributed by atoms with E-state index in [1.54, 1.807) is 11.6 Å². The molecule has 0 atom stereocenters. The number of nitrogens with one attached hydrogen (secondary N) is 1. The van der Waals surface area contributed by atoms with Crippen molar-refractivity contribution in [3.05, 3.63) is 12.0 Å². The predicted molar refractivity (Wildman–Crippen MR) is 38.6 cm³/mol. The van der Waals surface area contributed by atoms with Crippen molar-refractivity contribution in [2.75, 3.05) is 5.73 Å². The molecule has 0 aliphatic rings. The van der Waals surface area contributed by atoms with Gasteiger partial charge in [-0.05, 0) is 0 Å². The topological polar surface area (TPSA) is 93.7 Å². The van der Waals surface area contributed by atoms with Crippen LogP contribution in [0.4, 0.5) is 5.82 Å². The minimum atomic E-state index is -0.0990. The summed E-state index contributed by atoms with van der Waals surface area (Å²) in [7, 11) is 1.74. The fourth-order valence-electron chi connectivity index (χ4n) is 0.647. The summed E-state index contributed by atoms with van der Waals surface area (Å²) < 4.78 is 1.61. The van der Waals surface area contributed by atoms with Gasteiger partial charge in [0.1, 0.15) is 17.3 Å². The Labute approximate surface area is 58.2 Å². The zero-order chi connectivity index (χ0) is 7.72. The van der Waals surface area contributed by atoms with E-state index in [0.717, 1.165) is 0 Å². The maximum absolute atomic E-state index is 7.01. The Morgan fingerprint density at radius 1 is 1.80 bits per heavy atom. The van der Waals surface area contributed by atoms with E-state index in [1.807, 2.05) is 0 Å². The Kier molecular flexibility index (Phi) is 1.33. The van der Waals surface area contributed by atoms with Gasteiger partial charge in [-0.1, -0.05) is 0 Å². The molecule has 0 bridgehead atoms. The summed E-state index contributed by atoms with van der Waals surface area (Å²) >= 11 is 0. The van der Waals surface area contributed by atoms with Crippen molar-refractivity contribution in [1.82, 2.24) is 9.55 Å². The van der Waals surface area contributed by atoms with E-state index >= 15 is 0 Å². The number of rotatable bonds is 1. The first-order valence-electron chi connectivity index (χ1n) is 2.74. The number of amidine groups is 1. The third kappa shape index (κ3) is 0.812. The summed E-state index contributed by atoms with van der Waals surface area (Å²) in [4.78, 5) is 3.80. The van der Waals surface area contributed by atoms with Crippen LogP contribution in [-0.4, -0.2) is 15.4 Å². The molecule has 0 amide bonds. The van der Waals surface area contributed by atoms with E-state index in [0.29, 0.717) is 11.5 Å². The van der Waals surface area contributed by atoms with Gasteiger partial charge in [0.05, 0.1) is 6.33 Å². The van der Waals surface area contributed by atoms with E-state index in [-0.39, 0.29) is 5.84 Å². The number of hydrogen-bond acceptors (Lipinski definition) is 3. The van der Waals surface area contributed by atoms with Gasteiger partial charge in [0, 0.05) is 7.05 Å². The van der Waals surface area contributed by atoms with Crippen molar-refractivity contribution in [3.63, 3.8) is 0 Å². The Balaban J connectivity index is 3.17. The summed E-state index contributed by atoms with van der Waals surface area (Å²) in [5.41, 5.74) is 11.0. The average molecular weight is 139 g/mol. The number of imidazole rings is 1. The van der Waals surface area contributed by atoms with Crippen LogP contribution in [-0.2, 0) is 7.05 Å². The third-order valence-electron chi connectivity index (χ3n) is 1.24. The van der Waals surface area contributed by atoms with Gasteiger partial charge < -0.3 is 16.0 Å². The van der Waals surface area contributed by atoms with Crippen LogP contribution in [0.15, 0.2) is 6.33 Å². The average Bonchev–Trinajstić information content (AvgIpc) is 2.14. The van der Waals surface area contributed by atoms with E-state index in [1.165, 1.54) is 6.33 Å². The van der Waals surface area contributed by atoms with Crippen LogP contribution in [0.2, 0.25) is 0 Å². The normalized spacial score (nSPS) is 9.70. The molecule has 0 aliphatic carbocycles. The van der Waals surface area contributed by atoms with Gasteiger partial charge in [0.2, 0.25) is 0 Å². The number of nitrogens with two attached hydrogens (primary N) is 2. The SMILES string of the molecule is Cn1cnc(C(=N)N)c1N. The van der Waals surface area contributed by atoms with Crippen LogP contribution in [0.1, 0.15) is 5.69 Å². The summed E-state index contributed by atoms with van der Waals surface area (Å²) in [5.74, 6) is 0.325. The Morgan fingerprint density at radius 3 is 2.60 bits per heavy atom. The molecule has 0 radical (unpaired) electrons. The standard InChI is InChI=1S/C5H9N5/c1-10-2-9-3(4(6)7)5(10)8/h2H,8H2,1H3,(H3,6,7). The van der Waals surface area contributed by atoms with Crippen LogP contribution in [0.25, 0.3) is 0 Å². The fraction of sp³-hybridized carbons (Fsp3) is 0.200. The highest BCUT2D eigenvalue weighted by molar-refractivity contribution is 5.97. The van der Waals surface area contributed by atoms with E-state index in [2.05, 4.69) is 4.98 Å². The van der Waals surface area contributed by atoms with Crippen molar-refractivity contribution < 1.29 is 0 Å². The lowest BCUT2D eigenvalue weighted by Gasteiger charge is -1.95. The maximum Gasteiger partial charge on any atom is 0.146 e. The number of aromatic nitrogens is 2. The second-order valence-corrected chi connectivity index (χ2v) is 2.00. The number of hydrogen-bond donors (Lipinski definition) is 3. The third-order valence-corrected chi connectivity index (χ3v) is 1.24. The first-order chi connectivity index (χ1) is 4.63. The maximum atomic E-state index is 7.01. The largest absolute Gasteiger partial charge is 0.383 e. The molecular formula is C5H9N5. The minimum Gasteiger partial charge on any atom is -0.383 e. The summed E-state index contributed by atoms with van der Waals surface area (Å²) in [6.07, 6.45) is 1.52. The van der Waals surface area contributed by atoms with Crippen LogP contribution in [0.3, 0.4) is 0 Å². The first-order valence-corrected chi connectivity index (χ1v) is 2.74. The van der Waals surface area contributed by atoms with Crippen LogP contribution in [0.5, 0.6) is 0 Å². The van der Waals surface area contributed by atoms with E-state index in [4.69, 9.17) is 16.9 Å². The molecule has 1 aromatic rings. The number of nitrogen functional groups attached to an aromatic ring is 2. The summed E-state index contributed by atoms with van der Waals surface area (Å²) in [5, 5.41) is 7.01. The second kappa shape index (κ2) is 2.02. The van der Waals surface area contributed by atoms with Crippen LogP contribution < -0.4 is 11.5 Å². The highest BCUT2D eigenvalue weighted by atomic mass is 15.1. The Hall–Kier alpha value is -1.52. The lowest BCUT2D eigenvalue weighted by atomic mass is 10.4. The predicted octanol–water partition coefficient (Wildman–Crippen LogP) is -0.714. The van der Waals surface area contributed by atoms with Gasteiger partial charge in [0.25, 0.3) is 0 Å². The number of nitrogens with zero attached hydrogens (tertiary/aromatic N) is 2. The summed E-state index contributed by atoms with van der Waals surface area (Å²) in [6, 6.07) is 0. The molecule has 1 aromatic heterocycles. The quantitative estimate of drug-likeness (QED) is 0.354. The molecule has 10 heavy (non-hydrogen) atoms. The van der Waals surface area contributed by atoms with Crippen LogP contribution in [0, 0.1) is 5.41 Å². The summed E-state index contributed by atoms with van der Waals surface area (Å²) in [6.45, 7) is 0. The van der Waals surface area contributed by atoms with Crippen molar-refractivity contribution in [1.29, 1.82) is 5.41 Å². The van der Waals surface area contributed by atoms with Gasteiger partial charge in [-0.15, -0.1) is 0 Å². The van der Waals surface area contributed by atoms with Crippen molar-refractivity contribution >= 4 is 11.7 Å². The molecule has 0 unspecified atom stereocenters. The highest BCUT2D eigenvalue weighted by Crippen LogP contribution is 2.05. The van der Waals surface area contributed by atoms with E-state index < -0.39 is 0 Å². The zero-order valence-corrected chi connectivity index (χ0v) is 5.63. The second-order valence-electron chi connectivity index (χ2n) is 2.00.